The van der Waals surface area contributed by atoms with E-state index >= 15 is 0 Å². The molecule has 2 heteroatoms. The van der Waals surface area contributed by atoms with Crippen LogP contribution in [0.2, 0.25) is 0 Å². The molecular weight excluding hydrogens is 222 g/mol. The molecule has 0 atom stereocenters. The Hall–Kier alpha value is -0.0800. The van der Waals surface area contributed by atoms with Crippen LogP contribution in [0, 0.1) is 0 Å². The van der Waals surface area contributed by atoms with Crippen LogP contribution in [-0.4, -0.2) is 26.3 Å². The van der Waals surface area contributed by atoms with Crippen LogP contribution in [0.3, 0.4) is 0 Å². The molecule has 0 bridgehead atoms. The molecule has 0 fully saturated rings. The van der Waals surface area contributed by atoms with E-state index in [1.165, 1.54) is 64.2 Å². The van der Waals surface area contributed by atoms with Crippen molar-refractivity contribution in [1.29, 1.82) is 0 Å². The molecule has 0 amide bonds. The molecule has 0 aromatic carbocycles. The largest absolute Gasteiger partial charge is 0.380 e. The average Bonchev–Trinajstić information content (AvgIpc) is 2.39. The molecule has 0 rings (SSSR count). The third-order valence-electron chi connectivity index (χ3n) is 3.33. The fourth-order valence-corrected chi connectivity index (χ4v) is 2.15. The van der Waals surface area contributed by atoms with Crippen molar-refractivity contribution in [2.75, 3.05) is 26.3 Å². The Morgan fingerprint density at radius 2 is 1.22 bits per heavy atom. The van der Waals surface area contributed by atoms with Crippen LogP contribution < -0.4 is 5.32 Å². The number of unbranched alkanes of at least 4 members (excludes halogenated alkanes) is 9. The summed E-state index contributed by atoms with van der Waals surface area (Å²) in [7, 11) is 0. The molecule has 0 aliphatic rings. The number of nitrogens with one attached hydrogen (secondary N) is 1. The summed E-state index contributed by atoms with van der Waals surface area (Å²) in [5, 5.41) is 3.42. The Morgan fingerprint density at radius 1 is 0.667 bits per heavy atom. The first-order valence-electron chi connectivity index (χ1n) is 8.20. The Kier molecular flexibility index (Phi) is 16.8. The topological polar surface area (TPSA) is 21.3 Å². The highest BCUT2D eigenvalue weighted by atomic mass is 16.5. The zero-order chi connectivity index (χ0) is 13.3. The zero-order valence-corrected chi connectivity index (χ0v) is 12.8. The maximum absolute atomic E-state index is 5.27. The highest BCUT2D eigenvalue weighted by Crippen LogP contribution is 2.10. The predicted molar refractivity (Wildman–Crippen MR) is 81.2 cm³/mol. The van der Waals surface area contributed by atoms with Crippen molar-refractivity contribution in [2.45, 2.75) is 78.1 Å². The van der Waals surface area contributed by atoms with Crippen molar-refractivity contribution in [1.82, 2.24) is 5.32 Å². The molecule has 18 heavy (non-hydrogen) atoms. The molecule has 0 aromatic heterocycles. The smallest absolute Gasteiger partial charge is 0.0590 e. The molecule has 0 spiro atoms. The molecule has 0 aliphatic carbocycles. The van der Waals surface area contributed by atoms with Crippen LogP contribution in [0.15, 0.2) is 0 Å². The SMILES string of the molecule is CCCCCCCCCCCCNCCOCC. The molecule has 0 radical (unpaired) electrons. The zero-order valence-electron chi connectivity index (χ0n) is 12.8. The quantitative estimate of drug-likeness (QED) is 0.435. The van der Waals surface area contributed by atoms with Gasteiger partial charge in [0.1, 0.15) is 0 Å². The van der Waals surface area contributed by atoms with Crippen molar-refractivity contribution >= 4 is 0 Å². The van der Waals surface area contributed by atoms with Gasteiger partial charge in [-0.3, -0.25) is 0 Å². The molecule has 0 aliphatic heterocycles. The van der Waals surface area contributed by atoms with E-state index in [0.29, 0.717) is 0 Å². The second kappa shape index (κ2) is 16.9. The van der Waals surface area contributed by atoms with E-state index in [2.05, 4.69) is 12.2 Å². The van der Waals surface area contributed by atoms with E-state index in [9.17, 15) is 0 Å². The second-order valence-corrected chi connectivity index (χ2v) is 5.13. The monoisotopic (exact) mass is 257 g/mol. The minimum atomic E-state index is 0.833. The molecule has 0 heterocycles. The number of ether oxygens (including phenoxy) is 1. The minimum absolute atomic E-state index is 0.833. The fourth-order valence-electron chi connectivity index (χ4n) is 2.15. The Labute approximate surface area is 115 Å². The van der Waals surface area contributed by atoms with Gasteiger partial charge in [0.25, 0.3) is 0 Å². The third kappa shape index (κ3) is 15.9. The molecule has 0 saturated heterocycles. The van der Waals surface area contributed by atoms with Gasteiger partial charge in [-0.05, 0) is 19.9 Å². The average molecular weight is 257 g/mol. The number of hydrogen-bond acceptors (Lipinski definition) is 2. The first kappa shape index (κ1) is 17.9. The van der Waals surface area contributed by atoms with Crippen LogP contribution in [0.25, 0.3) is 0 Å². The Balaban J connectivity index is 2.86. The summed E-state index contributed by atoms with van der Waals surface area (Å²) in [5.41, 5.74) is 0. The summed E-state index contributed by atoms with van der Waals surface area (Å²) < 4.78 is 5.27. The van der Waals surface area contributed by atoms with Crippen molar-refractivity contribution < 1.29 is 4.74 Å². The van der Waals surface area contributed by atoms with Gasteiger partial charge in [-0.15, -0.1) is 0 Å². The van der Waals surface area contributed by atoms with Gasteiger partial charge < -0.3 is 10.1 Å². The lowest BCUT2D eigenvalue weighted by Crippen LogP contribution is -2.20. The van der Waals surface area contributed by atoms with Crippen LogP contribution in [0.1, 0.15) is 78.1 Å². The first-order chi connectivity index (χ1) is 8.91. The minimum Gasteiger partial charge on any atom is -0.380 e. The summed E-state index contributed by atoms with van der Waals surface area (Å²) in [6, 6.07) is 0. The molecule has 2 nitrogen and oxygen atoms in total. The molecular formula is C16H35NO. The molecule has 110 valence electrons. The standard InChI is InChI=1S/C16H35NO/c1-3-5-6-7-8-9-10-11-12-13-14-17-15-16-18-4-2/h17H,3-16H2,1-2H3. The van der Waals surface area contributed by atoms with E-state index in [-0.39, 0.29) is 0 Å². The van der Waals surface area contributed by atoms with E-state index < -0.39 is 0 Å². The van der Waals surface area contributed by atoms with Crippen LogP contribution in [-0.2, 0) is 4.74 Å². The summed E-state index contributed by atoms with van der Waals surface area (Å²) in [6.07, 6.45) is 14.1. The van der Waals surface area contributed by atoms with Crippen molar-refractivity contribution in [3.05, 3.63) is 0 Å². The van der Waals surface area contributed by atoms with E-state index in [0.717, 1.165) is 26.3 Å². The third-order valence-corrected chi connectivity index (χ3v) is 3.33. The highest BCUT2D eigenvalue weighted by Gasteiger charge is 1.92. The highest BCUT2D eigenvalue weighted by molar-refractivity contribution is 4.50. The number of hydrogen-bond donors (Lipinski definition) is 1. The Morgan fingerprint density at radius 3 is 1.78 bits per heavy atom. The molecule has 0 aromatic rings. The fraction of sp³-hybridized carbons (Fsp3) is 1.00. The lowest BCUT2D eigenvalue weighted by atomic mass is 10.1. The summed E-state index contributed by atoms with van der Waals surface area (Å²) in [6.45, 7) is 8.17. The van der Waals surface area contributed by atoms with Gasteiger partial charge in [-0.1, -0.05) is 64.7 Å². The van der Waals surface area contributed by atoms with Gasteiger partial charge in [0.05, 0.1) is 6.61 Å². The summed E-state index contributed by atoms with van der Waals surface area (Å²) >= 11 is 0. The van der Waals surface area contributed by atoms with Gasteiger partial charge in [-0.2, -0.15) is 0 Å². The van der Waals surface area contributed by atoms with E-state index in [1.54, 1.807) is 0 Å². The lowest BCUT2D eigenvalue weighted by molar-refractivity contribution is 0.149. The normalized spacial score (nSPS) is 11.0. The van der Waals surface area contributed by atoms with Crippen LogP contribution >= 0.6 is 0 Å². The summed E-state index contributed by atoms with van der Waals surface area (Å²) in [4.78, 5) is 0. The first-order valence-corrected chi connectivity index (χ1v) is 8.20. The second-order valence-electron chi connectivity index (χ2n) is 5.13. The van der Waals surface area contributed by atoms with Crippen LogP contribution in [0.5, 0.6) is 0 Å². The molecule has 1 N–H and O–H groups in total. The Bertz CT molecular complexity index is 123. The van der Waals surface area contributed by atoms with Crippen molar-refractivity contribution in [3.8, 4) is 0 Å². The van der Waals surface area contributed by atoms with Gasteiger partial charge in [0.2, 0.25) is 0 Å². The maximum Gasteiger partial charge on any atom is 0.0590 e. The van der Waals surface area contributed by atoms with Gasteiger partial charge in [0.15, 0.2) is 0 Å². The van der Waals surface area contributed by atoms with E-state index in [1.807, 2.05) is 6.92 Å². The van der Waals surface area contributed by atoms with Gasteiger partial charge in [-0.25, -0.2) is 0 Å². The van der Waals surface area contributed by atoms with Crippen LogP contribution in [0.4, 0.5) is 0 Å². The molecule has 0 saturated carbocycles. The van der Waals surface area contributed by atoms with E-state index in [4.69, 9.17) is 4.74 Å². The predicted octanol–water partition coefficient (Wildman–Crippen LogP) is 4.53. The lowest BCUT2D eigenvalue weighted by Gasteiger charge is -2.05. The molecule has 0 unspecified atom stereocenters. The maximum atomic E-state index is 5.27. The summed E-state index contributed by atoms with van der Waals surface area (Å²) in [5.74, 6) is 0. The van der Waals surface area contributed by atoms with Crippen molar-refractivity contribution in [2.24, 2.45) is 0 Å². The van der Waals surface area contributed by atoms with Gasteiger partial charge in [0, 0.05) is 13.2 Å². The van der Waals surface area contributed by atoms with Crippen molar-refractivity contribution in [3.63, 3.8) is 0 Å². The van der Waals surface area contributed by atoms with Gasteiger partial charge >= 0.3 is 0 Å². The number of rotatable bonds is 15.